The van der Waals surface area contributed by atoms with Crippen LogP contribution in [0, 0.1) is 5.82 Å². The molecule has 1 heterocycles. The molecular formula is C21H15FO3S. The van der Waals surface area contributed by atoms with E-state index in [-0.39, 0.29) is 11.6 Å². The van der Waals surface area contributed by atoms with Crippen molar-refractivity contribution in [2.45, 2.75) is 4.90 Å². The lowest BCUT2D eigenvalue weighted by molar-refractivity contribution is 0.462. The van der Waals surface area contributed by atoms with Crippen molar-refractivity contribution < 1.29 is 18.7 Å². The third-order valence-electron chi connectivity index (χ3n) is 4.00. The van der Waals surface area contributed by atoms with Gasteiger partial charge in [-0.1, -0.05) is 0 Å². The zero-order valence-electron chi connectivity index (χ0n) is 13.9. The predicted molar refractivity (Wildman–Crippen MR) is 102 cm³/mol. The fourth-order valence-corrected chi connectivity index (χ4v) is 3.22. The Bertz CT molecular complexity index is 1070. The molecule has 0 amide bonds. The highest BCUT2D eigenvalue weighted by Crippen LogP contribution is 2.35. The van der Waals surface area contributed by atoms with E-state index in [1.807, 2.05) is 42.7 Å². The molecule has 130 valence electrons. The molecule has 0 aliphatic carbocycles. The van der Waals surface area contributed by atoms with Gasteiger partial charge in [0.05, 0.1) is 0 Å². The standard InChI is InChI=1S/C21H15FO3S/c1-26-21-12-13(2-8-18(21)23)20-11-14-10-17(7-9-19(14)25-20)24-16-5-3-15(22)4-6-16/h2-12,23H,1H3. The molecule has 0 aliphatic heterocycles. The molecule has 1 N–H and O–H groups in total. The third-order valence-corrected chi connectivity index (χ3v) is 4.77. The van der Waals surface area contributed by atoms with E-state index in [1.54, 1.807) is 18.2 Å². The molecule has 0 unspecified atom stereocenters. The minimum atomic E-state index is -0.300. The van der Waals surface area contributed by atoms with E-state index >= 15 is 0 Å². The SMILES string of the molecule is CSc1cc(-c2cc3cc(Oc4ccc(F)cc4)ccc3o2)ccc1O. The van der Waals surface area contributed by atoms with Gasteiger partial charge >= 0.3 is 0 Å². The van der Waals surface area contributed by atoms with Crippen LogP contribution in [0.2, 0.25) is 0 Å². The average Bonchev–Trinajstić information content (AvgIpc) is 3.07. The molecule has 3 aromatic carbocycles. The number of thioether (sulfide) groups is 1. The maximum absolute atomic E-state index is 13.0. The number of hydrogen-bond donors (Lipinski definition) is 1. The first-order valence-electron chi connectivity index (χ1n) is 7.97. The topological polar surface area (TPSA) is 42.6 Å². The lowest BCUT2D eigenvalue weighted by atomic mass is 10.1. The molecular weight excluding hydrogens is 351 g/mol. The molecule has 0 fully saturated rings. The number of fused-ring (bicyclic) bond motifs is 1. The smallest absolute Gasteiger partial charge is 0.135 e. The highest BCUT2D eigenvalue weighted by Gasteiger charge is 2.10. The number of phenolic OH excluding ortho intramolecular Hbond substituents is 1. The highest BCUT2D eigenvalue weighted by molar-refractivity contribution is 7.98. The Hall–Kier alpha value is -2.92. The summed E-state index contributed by atoms with van der Waals surface area (Å²) in [6, 6.07) is 18.7. The number of halogens is 1. The van der Waals surface area contributed by atoms with Crippen molar-refractivity contribution in [1.29, 1.82) is 0 Å². The first-order valence-corrected chi connectivity index (χ1v) is 9.19. The first-order chi connectivity index (χ1) is 12.6. The summed E-state index contributed by atoms with van der Waals surface area (Å²) in [5.74, 6) is 1.89. The summed E-state index contributed by atoms with van der Waals surface area (Å²) in [4.78, 5) is 0.795. The minimum absolute atomic E-state index is 0.257. The number of rotatable bonds is 4. The molecule has 0 saturated carbocycles. The van der Waals surface area contributed by atoms with Gasteiger partial charge in [0.2, 0.25) is 0 Å². The molecule has 3 nitrogen and oxygen atoms in total. The summed E-state index contributed by atoms with van der Waals surface area (Å²) < 4.78 is 24.7. The van der Waals surface area contributed by atoms with Gasteiger partial charge in [0.1, 0.15) is 34.4 Å². The molecule has 4 rings (SSSR count). The second-order valence-corrected chi connectivity index (χ2v) is 6.60. The maximum Gasteiger partial charge on any atom is 0.135 e. The second-order valence-electron chi connectivity index (χ2n) is 5.75. The summed E-state index contributed by atoms with van der Waals surface area (Å²) in [5.41, 5.74) is 1.63. The molecule has 1 aromatic heterocycles. The molecule has 0 bridgehead atoms. The number of phenols is 1. The van der Waals surface area contributed by atoms with Crippen LogP contribution in [0.3, 0.4) is 0 Å². The van der Waals surface area contributed by atoms with Crippen molar-refractivity contribution in [1.82, 2.24) is 0 Å². The fourth-order valence-electron chi connectivity index (χ4n) is 2.70. The van der Waals surface area contributed by atoms with Gasteiger partial charge in [0, 0.05) is 15.8 Å². The molecule has 4 aromatic rings. The van der Waals surface area contributed by atoms with Gasteiger partial charge < -0.3 is 14.3 Å². The van der Waals surface area contributed by atoms with E-state index in [4.69, 9.17) is 9.15 Å². The fraction of sp³-hybridized carbons (Fsp3) is 0.0476. The average molecular weight is 366 g/mol. The first kappa shape index (κ1) is 16.5. The zero-order chi connectivity index (χ0) is 18.1. The summed E-state index contributed by atoms with van der Waals surface area (Å²) in [5, 5.41) is 10.7. The van der Waals surface area contributed by atoms with Crippen LogP contribution in [0.5, 0.6) is 17.2 Å². The van der Waals surface area contributed by atoms with Gasteiger partial charge in [0.15, 0.2) is 0 Å². The molecule has 0 spiro atoms. The van der Waals surface area contributed by atoms with Crippen LogP contribution in [0.15, 0.2) is 76.0 Å². The number of aromatic hydroxyl groups is 1. The van der Waals surface area contributed by atoms with Crippen molar-refractivity contribution >= 4 is 22.7 Å². The summed E-state index contributed by atoms with van der Waals surface area (Å²) in [7, 11) is 0. The largest absolute Gasteiger partial charge is 0.507 e. The van der Waals surface area contributed by atoms with E-state index in [2.05, 4.69) is 0 Å². The highest BCUT2D eigenvalue weighted by atomic mass is 32.2. The van der Waals surface area contributed by atoms with Gasteiger partial charge in [-0.3, -0.25) is 0 Å². The number of ether oxygens (including phenoxy) is 1. The summed E-state index contributed by atoms with van der Waals surface area (Å²) in [6.07, 6.45) is 1.91. The second kappa shape index (κ2) is 6.77. The number of furan rings is 1. The number of benzene rings is 3. The number of hydrogen-bond acceptors (Lipinski definition) is 4. The molecule has 26 heavy (non-hydrogen) atoms. The van der Waals surface area contributed by atoms with Crippen LogP contribution in [-0.4, -0.2) is 11.4 Å². The quantitative estimate of drug-likeness (QED) is 0.421. The van der Waals surface area contributed by atoms with Crippen LogP contribution in [0.4, 0.5) is 4.39 Å². The van der Waals surface area contributed by atoms with E-state index < -0.39 is 0 Å². The van der Waals surface area contributed by atoms with Gasteiger partial charge in [-0.05, 0) is 73.0 Å². The maximum atomic E-state index is 13.0. The van der Waals surface area contributed by atoms with E-state index in [0.29, 0.717) is 17.3 Å². The van der Waals surface area contributed by atoms with Gasteiger partial charge in [-0.15, -0.1) is 11.8 Å². The van der Waals surface area contributed by atoms with Gasteiger partial charge in [-0.2, -0.15) is 0 Å². The Morgan fingerprint density at radius 2 is 1.69 bits per heavy atom. The monoisotopic (exact) mass is 366 g/mol. The predicted octanol–water partition coefficient (Wildman–Crippen LogP) is 6.46. The van der Waals surface area contributed by atoms with E-state index in [0.717, 1.165) is 21.4 Å². The van der Waals surface area contributed by atoms with Crippen molar-refractivity contribution in [3.63, 3.8) is 0 Å². The lowest BCUT2D eigenvalue weighted by Gasteiger charge is -2.05. The van der Waals surface area contributed by atoms with Gasteiger partial charge in [0.25, 0.3) is 0 Å². The summed E-state index contributed by atoms with van der Waals surface area (Å²) >= 11 is 1.48. The minimum Gasteiger partial charge on any atom is -0.507 e. The Morgan fingerprint density at radius 3 is 2.46 bits per heavy atom. The van der Waals surface area contributed by atoms with Crippen LogP contribution in [0.25, 0.3) is 22.3 Å². The Kier molecular flexibility index (Phi) is 4.31. The lowest BCUT2D eigenvalue weighted by Crippen LogP contribution is -1.83. The summed E-state index contributed by atoms with van der Waals surface area (Å²) in [6.45, 7) is 0. The Labute approximate surface area is 154 Å². The van der Waals surface area contributed by atoms with E-state index in [1.165, 1.54) is 23.9 Å². The molecule has 0 atom stereocenters. The third kappa shape index (κ3) is 3.26. The van der Waals surface area contributed by atoms with Crippen LogP contribution < -0.4 is 4.74 Å². The van der Waals surface area contributed by atoms with E-state index in [9.17, 15) is 9.50 Å². The molecule has 0 radical (unpaired) electrons. The zero-order valence-corrected chi connectivity index (χ0v) is 14.7. The van der Waals surface area contributed by atoms with Crippen molar-refractivity contribution in [2.24, 2.45) is 0 Å². The Balaban J connectivity index is 1.66. The van der Waals surface area contributed by atoms with Crippen molar-refractivity contribution in [3.8, 4) is 28.6 Å². The van der Waals surface area contributed by atoms with Crippen LogP contribution >= 0.6 is 11.8 Å². The van der Waals surface area contributed by atoms with Gasteiger partial charge in [-0.25, -0.2) is 4.39 Å². The van der Waals surface area contributed by atoms with Crippen molar-refractivity contribution in [3.05, 3.63) is 72.5 Å². The van der Waals surface area contributed by atoms with Crippen LogP contribution in [-0.2, 0) is 0 Å². The van der Waals surface area contributed by atoms with Crippen LogP contribution in [0.1, 0.15) is 0 Å². The molecule has 0 aliphatic rings. The van der Waals surface area contributed by atoms with Crippen molar-refractivity contribution in [2.75, 3.05) is 6.26 Å². The Morgan fingerprint density at radius 1 is 0.923 bits per heavy atom. The molecule has 5 heteroatoms. The molecule has 0 saturated heterocycles. The normalized spacial score (nSPS) is 11.0.